The molecule has 8 heteroatoms. The Kier molecular flexibility index (Phi) is 5.50. The van der Waals surface area contributed by atoms with E-state index in [4.69, 9.17) is 27.6 Å². The Hall–Kier alpha value is -2.54. The lowest BCUT2D eigenvalue weighted by molar-refractivity contribution is -0.123. The van der Waals surface area contributed by atoms with Crippen molar-refractivity contribution < 1.29 is 14.0 Å². The molecule has 3 amide bonds. The van der Waals surface area contributed by atoms with Gasteiger partial charge in [0.05, 0.1) is 16.6 Å². The van der Waals surface area contributed by atoms with Crippen molar-refractivity contribution in [3.8, 4) is 11.3 Å². The smallest absolute Gasteiger partial charge is 0.329 e. The summed E-state index contributed by atoms with van der Waals surface area (Å²) >= 11 is 15.3. The van der Waals surface area contributed by atoms with Crippen LogP contribution in [0.4, 0.5) is 4.79 Å². The second-order valence-electron chi connectivity index (χ2n) is 6.34. The summed E-state index contributed by atoms with van der Waals surface area (Å²) in [6.45, 7) is 0.183. The summed E-state index contributed by atoms with van der Waals surface area (Å²) in [6, 6.07) is 15.6. The van der Waals surface area contributed by atoms with Crippen LogP contribution in [0.15, 0.2) is 69.2 Å². The number of hydrogen-bond acceptors (Lipinski definition) is 3. The molecule has 1 aliphatic rings. The van der Waals surface area contributed by atoms with E-state index in [1.54, 1.807) is 30.3 Å². The molecule has 1 N–H and O–H groups in total. The van der Waals surface area contributed by atoms with Crippen molar-refractivity contribution in [2.45, 2.75) is 6.54 Å². The van der Waals surface area contributed by atoms with E-state index >= 15 is 0 Å². The summed E-state index contributed by atoms with van der Waals surface area (Å²) in [6.07, 6.45) is 1.50. The number of carbonyl (C=O) groups is 2. The third-order valence-electron chi connectivity index (χ3n) is 4.33. The van der Waals surface area contributed by atoms with Gasteiger partial charge in [0.2, 0.25) is 0 Å². The lowest BCUT2D eigenvalue weighted by atomic mass is 10.2. The van der Waals surface area contributed by atoms with Crippen molar-refractivity contribution in [1.29, 1.82) is 0 Å². The molecular weight excluding hydrogens is 479 g/mol. The molecule has 0 saturated carbocycles. The number of benzene rings is 2. The van der Waals surface area contributed by atoms with E-state index < -0.39 is 11.9 Å². The number of imide groups is 1. The number of urea groups is 1. The highest BCUT2D eigenvalue weighted by Gasteiger charge is 2.33. The van der Waals surface area contributed by atoms with Gasteiger partial charge in [-0.25, -0.2) is 4.79 Å². The molecule has 3 aromatic rings. The number of amides is 3. The Morgan fingerprint density at radius 2 is 1.76 bits per heavy atom. The fourth-order valence-electron chi connectivity index (χ4n) is 2.86. The van der Waals surface area contributed by atoms with Gasteiger partial charge in [0.25, 0.3) is 5.91 Å². The number of furan rings is 1. The van der Waals surface area contributed by atoms with Gasteiger partial charge in [-0.3, -0.25) is 9.69 Å². The van der Waals surface area contributed by atoms with Gasteiger partial charge in [-0.05, 0) is 48.0 Å². The number of halogens is 3. The van der Waals surface area contributed by atoms with E-state index in [-0.39, 0.29) is 12.2 Å². The van der Waals surface area contributed by atoms with E-state index in [2.05, 4.69) is 21.2 Å². The standard InChI is InChI=1S/C21H13BrCl2N2O3/c22-14-4-1-12(2-5-14)11-26-20(27)18(25-21(26)28)10-15-6-8-19(29-15)13-3-7-16(23)17(24)9-13/h1-10H,11H2,(H,25,28). The van der Waals surface area contributed by atoms with Crippen molar-refractivity contribution in [1.82, 2.24) is 10.2 Å². The van der Waals surface area contributed by atoms with Gasteiger partial charge < -0.3 is 9.73 Å². The molecule has 0 aliphatic carbocycles. The lowest BCUT2D eigenvalue weighted by Crippen LogP contribution is -2.30. The number of nitrogens with zero attached hydrogens (tertiary/aromatic N) is 1. The summed E-state index contributed by atoms with van der Waals surface area (Å²) in [5.74, 6) is 0.588. The van der Waals surface area contributed by atoms with Gasteiger partial charge in [0.1, 0.15) is 17.2 Å². The van der Waals surface area contributed by atoms with Crippen LogP contribution in [-0.2, 0) is 11.3 Å². The third-order valence-corrected chi connectivity index (χ3v) is 5.60. The summed E-state index contributed by atoms with van der Waals surface area (Å²) in [4.78, 5) is 26.0. The molecule has 0 unspecified atom stereocenters. The van der Waals surface area contributed by atoms with Crippen molar-refractivity contribution in [2.75, 3.05) is 0 Å². The Morgan fingerprint density at radius 1 is 1.00 bits per heavy atom. The molecule has 1 saturated heterocycles. The fourth-order valence-corrected chi connectivity index (χ4v) is 3.43. The first-order chi connectivity index (χ1) is 13.9. The highest BCUT2D eigenvalue weighted by Crippen LogP contribution is 2.30. The Balaban J connectivity index is 1.53. The summed E-state index contributed by atoms with van der Waals surface area (Å²) < 4.78 is 6.70. The minimum absolute atomic E-state index is 0.155. The predicted molar refractivity (Wildman–Crippen MR) is 115 cm³/mol. The first-order valence-electron chi connectivity index (χ1n) is 8.55. The van der Waals surface area contributed by atoms with Crippen LogP contribution < -0.4 is 5.32 Å². The first-order valence-corrected chi connectivity index (χ1v) is 10.1. The van der Waals surface area contributed by atoms with Gasteiger partial charge in [-0.2, -0.15) is 0 Å². The maximum Gasteiger partial charge on any atom is 0.329 e. The lowest BCUT2D eigenvalue weighted by Gasteiger charge is -2.11. The Labute approximate surface area is 185 Å². The maximum absolute atomic E-state index is 12.6. The van der Waals surface area contributed by atoms with Crippen LogP contribution in [0.1, 0.15) is 11.3 Å². The first kappa shape index (κ1) is 19.8. The van der Waals surface area contributed by atoms with Crippen molar-refractivity contribution >= 4 is 57.1 Å². The third kappa shape index (κ3) is 4.24. The fraction of sp³-hybridized carbons (Fsp3) is 0.0476. The Bertz CT molecular complexity index is 1140. The van der Waals surface area contributed by atoms with E-state index in [9.17, 15) is 9.59 Å². The molecule has 2 aromatic carbocycles. The zero-order chi connectivity index (χ0) is 20.5. The van der Waals surface area contributed by atoms with E-state index in [1.807, 2.05) is 24.3 Å². The minimum atomic E-state index is -0.472. The molecule has 0 atom stereocenters. The molecule has 1 fully saturated rings. The summed E-state index contributed by atoms with van der Waals surface area (Å²) in [7, 11) is 0. The van der Waals surface area contributed by atoms with E-state index in [1.165, 1.54) is 6.08 Å². The monoisotopic (exact) mass is 490 g/mol. The molecule has 1 aliphatic heterocycles. The van der Waals surface area contributed by atoms with Crippen LogP contribution in [0.3, 0.4) is 0 Å². The topological polar surface area (TPSA) is 62.6 Å². The average molecular weight is 492 g/mol. The highest BCUT2D eigenvalue weighted by molar-refractivity contribution is 9.10. The number of rotatable bonds is 4. The molecule has 2 heterocycles. The molecule has 0 spiro atoms. The van der Waals surface area contributed by atoms with Crippen molar-refractivity contribution in [2.24, 2.45) is 0 Å². The number of carbonyl (C=O) groups excluding carboxylic acids is 2. The van der Waals surface area contributed by atoms with Gasteiger partial charge in [-0.15, -0.1) is 0 Å². The van der Waals surface area contributed by atoms with Gasteiger partial charge in [0, 0.05) is 16.1 Å². The normalized spacial score (nSPS) is 15.3. The van der Waals surface area contributed by atoms with Gasteiger partial charge >= 0.3 is 6.03 Å². The quantitative estimate of drug-likeness (QED) is 0.353. The van der Waals surface area contributed by atoms with Crippen LogP contribution in [0.2, 0.25) is 10.0 Å². The maximum atomic E-state index is 12.6. The van der Waals surface area contributed by atoms with Crippen LogP contribution in [0.25, 0.3) is 17.4 Å². The van der Waals surface area contributed by atoms with Gasteiger partial charge in [-0.1, -0.05) is 51.3 Å². The second-order valence-corrected chi connectivity index (χ2v) is 8.07. The minimum Gasteiger partial charge on any atom is -0.457 e. The Morgan fingerprint density at radius 3 is 2.48 bits per heavy atom. The molecule has 1 aromatic heterocycles. The van der Waals surface area contributed by atoms with Crippen LogP contribution >= 0.6 is 39.1 Å². The van der Waals surface area contributed by atoms with E-state index in [0.717, 1.165) is 20.5 Å². The molecule has 4 rings (SSSR count). The molecule has 29 heavy (non-hydrogen) atoms. The summed E-state index contributed by atoms with van der Waals surface area (Å²) in [5, 5.41) is 3.46. The average Bonchev–Trinajstić information content (AvgIpc) is 3.26. The molecular formula is C21H13BrCl2N2O3. The molecule has 146 valence electrons. The largest absolute Gasteiger partial charge is 0.457 e. The van der Waals surface area contributed by atoms with Crippen LogP contribution in [0, 0.1) is 0 Å². The van der Waals surface area contributed by atoms with Crippen molar-refractivity contribution in [3.05, 3.63) is 86.1 Å². The molecule has 0 bridgehead atoms. The zero-order valence-corrected chi connectivity index (χ0v) is 17.9. The van der Waals surface area contributed by atoms with Gasteiger partial charge in [0.15, 0.2) is 0 Å². The van der Waals surface area contributed by atoms with E-state index in [0.29, 0.717) is 21.6 Å². The summed E-state index contributed by atoms with van der Waals surface area (Å²) in [5.41, 5.74) is 1.75. The van der Waals surface area contributed by atoms with Crippen LogP contribution in [0.5, 0.6) is 0 Å². The zero-order valence-electron chi connectivity index (χ0n) is 14.8. The SMILES string of the molecule is O=C1NC(=Cc2ccc(-c3ccc(Cl)c(Cl)c3)o2)C(=O)N1Cc1ccc(Br)cc1. The van der Waals surface area contributed by atoms with Crippen molar-refractivity contribution in [3.63, 3.8) is 0 Å². The molecule has 0 radical (unpaired) electrons. The predicted octanol–water partition coefficient (Wildman–Crippen LogP) is 6.11. The number of nitrogens with one attached hydrogen (secondary N) is 1. The highest BCUT2D eigenvalue weighted by atomic mass is 79.9. The van der Waals surface area contributed by atoms with Crippen LogP contribution in [-0.4, -0.2) is 16.8 Å². The second kappa shape index (κ2) is 8.06. The molecule has 5 nitrogen and oxygen atoms in total. The number of hydrogen-bond donors (Lipinski definition) is 1.